The van der Waals surface area contributed by atoms with Crippen molar-refractivity contribution in [3.63, 3.8) is 0 Å². The van der Waals surface area contributed by atoms with Gasteiger partial charge in [0.25, 0.3) is 0 Å². The number of benzene rings is 2. The molecule has 0 bridgehead atoms. The molecule has 0 atom stereocenters. The maximum Gasteiger partial charge on any atom is 0.356 e. The number of carboxylic acids is 1. The number of aromatic nitrogens is 2. The molecule has 0 amide bonds. The summed E-state index contributed by atoms with van der Waals surface area (Å²) in [6.07, 6.45) is 2.46. The minimum Gasteiger partial charge on any atom is -0.476 e. The fraction of sp³-hybridized carbons (Fsp3) is 0. The van der Waals surface area contributed by atoms with Gasteiger partial charge in [0, 0.05) is 0 Å². The van der Waals surface area contributed by atoms with Gasteiger partial charge in [0.1, 0.15) is 5.75 Å². The lowest BCUT2D eigenvalue weighted by Gasteiger charge is -2.05. The number of ether oxygens (including phenoxy) is 1. The molecule has 0 saturated carbocycles. The van der Waals surface area contributed by atoms with Crippen LogP contribution in [0.4, 0.5) is 0 Å². The Morgan fingerprint density at radius 2 is 1.80 bits per heavy atom. The molecule has 0 radical (unpaired) electrons. The van der Waals surface area contributed by atoms with Crippen LogP contribution in [0.3, 0.4) is 0 Å². The first kappa shape index (κ1) is 12.1. The summed E-state index contributed by atoms with van der Waals surface area (Å²) in [6, 6.07) is 13.6. The van der Waals surface area contributed by atoms with Crippen molar-refractivity contribution in [1.29, 1.82) is 0 Å². The standard InChI is InChI=1S/C15H10N2O3/c18-15(19)13-8-17-14(9-16-13)20-12-6-5-10-3-1-2-4-11(10)7-12/h1-9H,(H,18,19). The Morgan fingerprint density at radius 3 is 2.50 bits per heavy atom. The van der Waals surface area contributed by atoms with E-state index in [2.05, 4.69) is 9.97 Å². The number of hydrogen-bond acceptors (Lipinski definition) is 4. The number of hydrogen-bond donors (Lipinski definition) is 1. The smallest absolute Gasteiger partial charge is 0.356 e. The van der Waals surface area contributed by atoms with Crippen LogP contribution in [-0.2, 0) is 0 Å². The SMILES string of the molecule is O=C(O)c1cnc(Oc2ccc3ccccc3c2)cn1. The number of aromatic carboxylic acids is 1. The second-order valence-corrected chi connectivity index (χ2v) is 4.16. The normalized spacial score (nSPS) is 10.4. The van der Waals surface area contributed by atoms with Gasteiger partial charge in [0.2, 0.25) is 5.88 Å². The molecule has 98 valence electrons. The van der Waals surface area contributed by atoms with E-state index in [1.165, 1.54) is 12.4 Å². The van der Waals surface area contributed by atoms with Crippen molar-refractivity contribution in [2.75, 3.05) is 0 Å². The average molecular weight is 266 g/mol. The van der Waals surface area contributed by atoms with E-state index in [4.69, 9.17) is 9.84 Å². The molecular weight excluding hydrogens is 256 g/mol. The largest absolute Gasteiger partial charge is 0.476 e. The van der Waals surface area contributed by atoms with Crippen molar-refractivity contribution in [1.82, 2.24) is 9.97 Å². The lowest BCUT2D eigenvalue weighted by Crippen LogP contribution is -2.01. The molecule has 0 fully saturated rings. The molecule has 20 heavy (non-hydrogen) atoms. The molecule has 3 rings (SSSR count). The Morgan fingerprint density at radius 1 is 1.00 bits per heavy atom. The zero-order valence-electron chi connectivity index (χ0n) is 10.4. The predicted octanol–water partition coefficient (Wildman–Crippen LogP) is 3.12. The molecule has 2 aromatic carbocycles. The first-order valence-electron chi connectivity index (χ1n) is 5.94. The molecule has 5 nitrogen and oxygen atoms in total. The van der Waals surface area contributed by atoms with Gasteiger partial charge in [-0.25, -0.2) is 14.8 Å². The van der Waals surface area contributed by atoms with Crippen LogP contribution < -0.4 is 4.74 Å². The topological polar surface area (TPSA) is 72.3 Å². The van der Waals surface area contributed by atoms with E-state index in [9.17, 15) is 4.79 Å². The Labute approximate surface area is 114 Å². The lowest BCUT2D eigenvalue weighted by atomic mass is 10.1. The molecule has 0 aliphatic heterocycles. The summed E-state index contributed by atoms with van der Waals surface area (Å²) in [5.74, 6) is -0.235. The van der Waals surface area contributed by atoms with Crippen LogP contribution in [-0.4, -0.2) is 21.0 Å². The van der Waals surface area contributed by atoms with Gasteiger partial charge in [-0.05, 0) is 22.9 Å². The molecule has 1 N–H and O–H groups in total. The number of nitrogens with zero attached hydrogens (tertiary/aromatic N) is 2. The molecule has 5 heteroatoms. The molecule has 0 spiro atoms. The molecule has 0 aliphatic carbocycles. The van der Waals surface area contributed by atoms with Crippen molar-refractivity contribution in [2.45, 2.75) is 0 Å². The summed E-state index contributed by atoms with van der Waals surface area (Å²) in [5.41, 5.74) is -0.115. The van der Waals surface area contributed by atoms with E-state index in [1.54, 1.807) is 0 Å². The molecule has 1 heterocycles. The van der Waals surface area contributed by atoms with E-state index < -0.39 is 5.97 Å². The van der Waals surface area contributed by atoms with Gasteiger partial charge in [0.15, 0.2) is 5.69 Å². The fourth-order valence-electron chi connectivity index (χ4n) is 1.83. The van der Waals surface area contributed by atoms with Gasteiger partial charge in [-0.1, -0.05) is 30.3 Å². The Balaban J connectivity index is 1.87. The highest BCUT2D eigenvalue weighted by atomic mass is 16.5. The van der Waals surface area contributed by atoms with Crippen molar-refractivity contribution in [3.05, 3.63) is 60.6 Å². The van der Waals surface area contributed by atoms with Crippen LogP contribution in [0, 0.1) is 0 Å². The highest BCUT2D eigenvalue weighted by Gasteiger charge is 2.06. The third-order valence-electron chi connectivity index (χ3n) is 2.79. The van der Waals surface area contributed by atoms with Crippen LogP contribution in [0.5, 0.6) is 11.6 Å². The zero-order chi connectivity index (χ0) is 13.9. The van der Waals surface area contributed by atoms with Crippen molar-refractivity contribution in [2.24, 2.45) is 0 Å². The molecule has 1 aromatic heterocycles. The van der Waals surface area contributed by atoms with Gasteiger partial charge in [-0.15, -0.1) is 0 Å². The lowest BCUT2D eigenvalue weighted by molar-refractivity contribution is 0.0690. The van der Waals surface area contributed by atoms with Gasteiger partial charge < -0.3 is 9.84 Å². The van der Waals surface area contributed by atoms with Gasteiger partial charge in [-0.2, -0.15) is 0 Å². The Kier molecular flexibility index (Phi) is 3.01. The number of carboxylic acid groups (broad SMARTS) is 1. The monoisotopic (exact) mass is 266 g/mol. The second-order valence-electron chi connectivity index (χ2n) is 4.16. The highest BCUT2D eigenvalue weighted by Crippen LogP contribution is 2.24. The fourth-order valence-corrected chi connectivity index (χ4v) is 1.83. The van der Waals surface area contributed by atoms with Crippen molar-refractivity contribution >= 4 is 16.7 Å². The van der Waals surface area contributed by atoms with Crippen LogP contribution in [0.2, 0.25) is 0 Å². The van der Waals surface area contributed by atoms with E-state index >= 15 is 0 Å². The molecule has 0 unspecified atom stereocenters. The highest BCUT2D eigenvalue weighted by molar-refractivity contribution is 5.85. The summed E-state index contributed by atoms with van der Waals surface area (Å²) in [4.78, 5) is 18.3. The zero-order valence-corrected chi connectivity index (χ0v) is 10.4. The number of carbonyl (C=O) groups is 1. The first-order chi connectivity index (χ1) is 9.72. The second kappa shape index (κ2) is 4.97. The quantitative estimate of drug-likeness (QED) is 0.788. The van der Waals surface area contributed by atoms with E-state index in [-0.39, 0.29) is 11.6 Å². The molecular formula is C15H10N2O3. The van der Waals surface area contributed by atoms with E-state index in [1.807, 2.05) is 42.5 Å². The minimum absolute atomic E-state index is 0.115. The summed E-state index contributed by atoms with van der Waals surface area (Å²) in [5, 5.41) is 10.9. The first-order valence-corrected chi connectivity index (χ1v) is 5.94. The summed E-state index contributed by atoms with van der Waals surface area (Å²) >= 11 is 0. The van der Waals surface area contributed by atoms with Gasteiger partial charge in [-0.3, -0.25) is 0 Å². The summed E-state index contributed by atoms with van der Waals surface area (Å²) < 4.78 is 5.55. The van der Waals surface area contributed by atoms with Crippen LogP contribution >= 0.6 is 0 Å². The van der Waals surface area contributed by atoms with Crippen LogP contribution in [0.15, 0.2) is 54.9 Å². The molecule has 0 saturated heterocycles. The maximum absolute atomic E-state index is 10.7. The van der Waals surface area contributed by atoms with Gasteiger partial charge >= 0.3 is 5.97 Å². The van der Waals surface area contributed by atoms with E-state index in [0.29, 0.717) is 5.75 Å². The molecule has 0 aliphatic rings. The molecule has 3 aromatic rings. The third-order valence-corrected chi connectivity index (χ3v) is 2.79. The van der Waals surface area contributed by atoms with Crippen molar-refractivity contribution in [3.8, 4) is 11.6 Å². The average Bonchev–Trinajstić information content (AvgIpc) is 2.48. The van der Waals surface area contributed by atoms with Crippen LogP contribution in [0.25, 0.3) is 10.8 Å². The number of fused-ring (bicyclic) bond motifs is 1. The Bertz CT molecular complexity index is 769. The Hall–Kier alpha value is -2.95. The van der Waals surface area contributed by atoms with Crippen LogP contribution in [0.1, 0.15) is 10.5 Å². The summed E-state index contributed by atoms with van der Waals surface area (Å²) in [7, 11) is 0. The van der Waals surface area contributed by atoms with Crippen molar-refractivity contribution < 1.29 is 14.6 Å². The number of rotatable bonds is 3. The van der Waals surface area contributed by atoms with E-state index in [0.717, 1.165) is 10.8 Å². The summed E-state index contributed by atoms with van der Waals surface area (Å²) in [6.45, 7) is 0. The maximum atomic E-state index is 10.7. The predicted molar refractivity (Wildman–Crippen MR) is 73.0 cm³/mol. The third kappa shape index (κ3) is 2.42. The van der Waals surface area contributed by atoms with Gasteiger partial charge in [0.05, 0.1) is 12.4 Å². The minimum atomic E-state index is -1.12.